The van der Waals surface area contributed by atoms with Crippen molar-refractivity contribution in [2.45, 2.75) is 31.6 Å². The Morgan fingerprint density at radius 1 is 1.47 bits per heavy atom. The second-order valence-corrected chi connectivity index (χ2v) is 6.59. The first-order chi connectivity index (χ1) is 8.84. The van der Waals surface area contributed by atoms with Crippen molar-refractivity contribution in [3.8, 4) is 0 Å². The number of thioether (sulfide) groups is 1. The maximum atomic E-state index is 11.8. The highest BCUT2D eigenvalue weighted by molar-refractivity contribution is 7.99. The fourth-order valence-electron chi connectivity index (χ4n) is 1.42. The van der Waals surface area contributed by atoms with Crippen LogP contribution in [-0.2, 0) is 0 Å². The highest BCUT2D eigenvalue weighted by Gasteiger charge is 2.16. The predicted molar refractivity (Wildman–Crippen MR) is 81.7 cm³/mol. The van der Waals surface area contributed by atoms with Crippen LogP contribution in [0.4, 0.5) is 10.5 Å². The number of benzene rings is 1. The maximum absolute atomic E-state index is 11.8. The molecule has 0 saturated carbocycles. The Balaban J connectivity index is 2.55. The smallest absolute Gasteiger partial charge is 0.319 e. The van der Waals surface area contributed by atoms with Gasteiger partial charge in [0.2, 0.25) is 0 Å². The molecule has 4 nitrogen and oxygen atoms in total. The predicted octanol–water partition coefficient (Wildman–Crippen LogP) is 3.00. The van der Waals surface area contributed by atoms with Crippen molar-refractivity contribution in [1.82, 2.24) is 5.32 Å². The van der Waals surface area contributed by atoms with Gasteiger partial charge in [-0.2, -0.15) is 11.8 Å². The molecule has 0 aliphatic rings. The van der Waals surface area contributed by atoms with Gasteiger partial charge in [0.1, 0.15) is 0 Å². The first-order valence-corrected chi connectivity index (χ1v) is 7.44. The molecule has 0 aliphatic carbocycles. The Morgan fingerprint density at radius 2 is 2.16 bits per heavy atom. The molecule has 1 aromatic rings. The molecule has 2 amide bonds. The second kappa shape index (κ2) is 6.82. The molecule has 106 valence electrons. The largest absolute Gasteiger partial charge is 0.389 e. The lowest BCUT2D eigenvalue weighted by Gasteiger charge is -2.22. The Hall–Kier alpha value is -1.20. The van der Waals surface area contributed by atoms with E-state index in [2.05, 4.69) is 24.5 Å². The molecule has 1 aromatic carbocycles. The number of anilines is 1. The Morgan fingerprint density at radius 3 is 2.74 bits per heavy atom. The molecular formula is C14H22N2O2S. The van der Waals surface area contributed by atoms with Gasteiger partial charge in [0.25, 0.3) is 0 Å². The van der Waals surface area contributed by atoms with Gasteiger partial charge in [0.05, 0.1) is 6.10 Å². The summed E-state index contributed by atoms with van der Waals surface area (Å²) in [6.07, 6.45) is 1.48. The molecule has 1 rings (SSSR count). The molecule has 0 saturated heterocycles. The maximum Gasteiger partial charge on any atom is 0.319 e. The molecule has 1 unspecified atom stereocenters. The van der Waals surface area contributed by atoms with Crippen LogP contribution in [0.3, 0.4) is 0 Å². The minimum Gasteiger partial charge on any atom is -0.389 e. The number of amides is 2. The van der Waals surface area contributed by atoms with Crippen LogP contribution in [0.5, 0.6) is 0 Å². The van der Waals surface area contributed by atoms with E-state index < -0.39 is 6.10 Å². The normalized spacial score (nSPS) is 12.9. The molecule has 0 aromatic heterocycles. The van der Waals surface area contributed by atoms with E-state index in [0.717, 1.165) is 5.56 Å². The summed E-state index contributed by atoms with van der Waals surface area (Å²) in [7, 11) is 0. The highest BCUT2D eigenvalue weighted by atomic mass is 32.2. The van der Waals surface area contributed by atoms with Crippen LogP contribution in [0.15, 0.2) is 24.3 Å². The van der Waals surface area contributed by atoms with Crippen LogP contribution < -0.4 is 10.6 Å². The third-order valence-corrected chi connectivity index (χ3v) is 4.10. The summed E-state index contributed by atoms with van der Waals surface area (Å²) >= 11 is 1.71. The summed E-state index contributed by atoms with van der Waals surface area (Å²) < 4.78 is 0.0127. The number of aliphatic hydroxyl groups is 1. The first-order valence-electron chi connectivity index (χ1n) is 6.22. The molecule has 0 spiro atoms. The van der Waals surface area contributed by atoms with Crippen LogP contribution in [0.1, 0.15) is 32.4 Å². The van der Waals surface area contributed by atoms with E-state index in [9.17, 15) is 9.90 Å². The average molecular weight is 282 g/mol. The van der Waals surface area contributed by atoms with Gasteiger partial charge in [-0.1, -0.05) is 12.1 Å². The summed E-state index contributed by atoms with van der Waals surface area (Å²) in [6.45, 7) is 6.44. The van der Waals surface area contributed by atoms with Gasteiger partial charge in [-0.3, -0.25) is 0 Å². The fraction of sp³-hybridized carbons (Fsp3) is 0.500. The summed E-state index contributed by atoms with van der Waals surface area (Å²) in [6, 6.07) is 6.97. The second-order valence-electron chi connectivity index (χ2n) is 5.07. The monoisotopic (exact) mass is 282 g/mol. The fourth-order valence-corrected chi connectivity index (χ4v) is 1.63. The van der Waals surface area contributed by atoms with Crippen LogP contribution in [0.25, 0.3) is 0 Å². The lowest BCUT2D eigenvalue weighted by molar-refractivity contribution is 0.199. The summed E-state index contributed by atoms with van der Waals surface area (Å²) in [5.41, 5.74) is 1.46. The van der Waals surface area contributed by atoms with Crippen molar-refractivity contribution in [2.75, 3.05) is 18.1 Å². The average Bonchev–Trinajstić information content (AvgIpc) is 2.37. The van der Waals surface area contributed by atoms with E-state index in [4.69, 9.17) is 0 Å². The SMILES string of the molecule is CSC(C)(C)CNC(=O)Nc1cccc(C(C)O)c1. The molecule has 5 heteroatoms. The summed E-state index contributed by atoms with van der Waals surface area (Å²) in [5, 5.41) is 15.1. The Kier molecular flexibility index (Phi) is 5.69. The quantitative estimate of drug-likeness (QED) is 0.778. The summed E-state index contributed by atoms with van der Waals surface area (Å²) in [4.78, 5) is 11.8. The molecule has 0 aliphatic heterocycles. The zero-order valence-corrected chi connectivity index (χ0v) is 12.7. The van der Waals surface area contributed by atoms with Gasteiger partial charge >= 0.3 is 6.03 Å². The molecule has 0 bridgehead atoms. The molecule has 3 N–H and O–H groups in total. The molecule has 19 heavy (non-hydrogen) atoms. The number of carbonyl (C=O) groups excluding carboxylic acids is 1. The van der Waals surface area contributed by atoms with Crippen molar-refractivity contribution in [3.05, 3.63) is 29.8 Å². The number of hydrogen-bond donors (Lipinski definition) is 3. The minimum atomic E-state index is -0.541. The van der Waals surface area contributed by atoms with Gasteiger partial charge in [-0.15, -0.1) is 0 Å². The van der Waals surface area contributed by atoms with Crippen molar-refractivity contribution in [2.24, 2.45) is 0 Å². The summed E-state index contributed by atoms with van der Waals surface area (Å²) in [5.74, 6) is 0. The third kappa shape index (κ3) is 5.53. The lowest BCUT2D eigenvalue weighted by atomic mass is 10.1. The Bertz CT molecular complexity index is 433. The van der Waals surface area contributed by atoms with Crippen molar-refractivity contribution in [3.63, 3.8) is 0 Å². The van der Waals surface area contributed by atoms with Crippen LogP contribution in [0.2, 0.25) is 0 Å². The zero-order chi connectivity index (χ0) is 14.5. The molecule has 0 radical (unpaired) electrons. The van der Waals surface area contributed by atoms with Crippen molar-refractivity contribution < 1.29 is 9.90 Å². The number of urea groups is 1. The number of aliphatic hydroxyl groups excluding tert-OH is 1. The number of carbonyl (C=O) groups is 1. The van der Waals surface area contributed by atoms with Gasteiger partial charge < -0.3 is 15.7 Å². The zero-order valence-electron chi connectivity index (χ0n) is 11.9. The number of nitrogens with one attached hydrogen (secondary N) is 2. The molecule has 0 fully saturated rings. The Labute approximate surface area is 119 Å². The van der Waals surface area contributed by atoms with Crippen LogP contribution >= 0.6 is 11.8 Å². The van der Waals surface area contributed by atoms with E-state index in [1.165, 1.54) is 0 Å². The van der Waals surface area contributed by atoms with Gasteiger partial charge in [-0.05, 0) is 44.7 Å². The van der Waals surface area contributed by atoms with Crippen molar-refractivity contribution >= 4 is 23.5 Å². The number of hydrogen-bond acceptors (Lipinski definition) is 3. The van der Waals surface area contributed by atoms with Crippen molar-refractivity contribution in [1.29, 1.82) is 0 Å². The van der Waals surface area contributed by atoms with Crippen LogP contribution in [0, 0.1) is 0 Å². The first kappa shape index (κ1) is 15.9. The lowest BCUT2D eigenvalue weighted by Crippen LogP contribution is -2.38. The van der Waals surface area contributed by atoms with Gasteiger partial charge in [0, 0.05) is 17.0 Å². The van der Waals surface area contributed by atoms with E-state index in [-0.39, 0.29) is 10.8 Å². The molecular weight excluding hydrogens is 260 g/mol. The third-order valence-electron chi connectivity index (χ3n) is 2.85. The van der Waals surface area contributed by atoms with E-state index >= 15 is 0 Å². The van der Waals surface area contributed by atoms with Gasteiger partial charge in [-0.25, -0.2) is 4.79 Å². The van der Waals surface area contributed by atoms with Gasteiger partial charge in [0.15, 0.2) is 0 Å². The minimum absolute atomic E-state index is 0.0127. The van der Waals surface area contributed by atoms with E-state index in [1.807, 2.05) is 18.4 Å². The van der Waals surface area contributed by atoms with E-state index in [0.29, 0.717) is 12.2 Å². The topological polar surface area (TPSA) is 61.4 Å². The standard InChI is InChI=1S/C14H22N2O2S/c1-10(17)11-6-5-7-12(8-11)16-13(18)15-9-14(2,3)19-4/h5-8,10,17H,9H2,1-4H3,(H2,15,16,18). The molecule has 0 heterocycles. The van der Waals surface area contributed by atoms with Crippen LogP contribution in [-0.4, -0.2) is 28.7 Å². The highest BCUT2D eigenvalue weighted by Crippen LogP contribution is 2.20. The van der Waals surface area contributed by atoms with E-state index in [1.54, 1.807) is 30.8 Å². The number of rotatable bonds is 5. The molecule has 1 atom stereocenters.